The first-order valence-electron chi connectivity index (χ1n) is 18.3. The van der Waals surface area contributed by atoms with Gasteiger partial charge >= 0.3 is 0 Å². The number of nitriles is 1. The molecule has 0 bridgehead atoms. The molecule has 0 atom stereocenters. The Bertz CT molecular complexity index is 3240. The highest BCUT2D eigenvalue weighted by Crippen LogP contribution is 2.40. The van der Waals surface area contributed by atoms with Gasteiger partial charge in [0, 0.05) is 38.2 Å². The number of rotatable bonds is 5. The summed E-state index contributed by atoms with van der Waals surface area (Å²) in [5.41, 5.74) is 9.21. The summed E-state index contributed by atoms with van der Waals surface area (Å²) in [6.45, 7) is 7.55. The molecule has 0 amide bonds. The molecule has 0 aliphatic heterocycles. The molecule has 0 N–H and O–H groups in total. The van der Waals surface area contributed by atoms with E-state index < -0.39 is 0 Å². The monoisotopic (exact) mass is 724 g/mol. The third kappa shape index (κ3) is 5.36. The molecule has 0 unspecified atom stereocenters. The van der Waals surface area contributed by atoms with Gasteiger partial charge in [-0.05, 0) is 100.0 Å². The summed E-state index contributed by atoms with van der Waals surface area (Å²) >= 11 is 0. The summed E-state index contributed by atoms with van der Waals surface area (Å²) < 4.78 is 4.47. The lowest BCUT2D eigenvalue weighted by molar-refractivity contribution is 0.928. The zero-order valence-corrected chi connectivity index (χ0v) is 31.0. The van der Waals surface area contributed by atoms with Crippen LogP contribution < -0.4 is 0 Å². The van der Waals surface area contributed by atoms with Gasteiger partial charge in [-0.3, -0.25) is 4.57 Å². The molecule has 0 radical (unpaired) electrons. The van der Waals surface area contributed by atoms with Crippen molar-refractivity contribution >= 4 is 43.6 Å². The van der Waals surface area contributed by atoms with Gasteiger partial charge in [0.25, 0.3) is 0 Å². The predicted molar refractivity (Wildman–Crippen MR) is 220 cm³/mol. The molecule has 10 nitrogen and oxygen atoms in total. The van der Waals surface area contributed by atoms with Crippen molar-refractivity contribution in [3.05, 3.63) is 150 Å². The third-order valence-corrected chi connectivity index (χ3v) is 10.2. The van der Waals surface area contributed by atoms with Gasteiger partial charge in [-0.15, -0.1) is 0 Å². The lowest BCUT2D eigenvalue weighted by Crippen LogP contribution is -2.03. The summed E-state index contributed by atoms with van der Waals surface area (Å²) in [7, 11) is 0. The highest BCUT2D eigenvalue weighted by molar-refractivity contribution is 6.12. The lowest BCUT2D eigenvalue weighted by atomic mass is 10.0. The van der Waals surface area contributed by atoms with E-state index in [1.54, 1.807) is 0 Å². The standard InChI is InChI=1S/C46H32N10/c1-26-49-27(2)52-45(51-26)32-16-18-41-37(21-32)34-12-5-7-14-39(34)55(41)43-25-48-44(23-36(43)31-11-9-10-30(20-31)24-47)56-40-15-8-6-13-35(40)38-22-33(17-19-42(38)56)46-53-28(3)50-29(4)54-46/h5-23,25H,1-4H3. The Balaban J connectivity index is 1.22. The van der Waals surface area contributed by atoms with Crippen LogP contribution in [0.25, 0.3) is 89.0 Å². The smallest absolute Gasteiger partial charge is 0.163 e. The van der Waals surface area contributed by atoms with E-state index >= 15 is 0 Å². The first-order valence-corrected chi connectivity index (χ1v) is 18.3. The number of hydrogen-bond donors (Lipinski definition) is 0. The summed E-state index contributed by atoms with van der Waals surface area (Å²) in [5, 5.41) is 14.3. The van der Waals surface area contributed by atoms with Crippen molar-refractivity contribution in [2.24, 2.45) is 0 Å². The van der Waals surface area contributed by atoms with Gasteiger partial charge in [0.1, 0.15) is 29.1 Å². The van der Waals surface area contributed by atoms with Crippen molar-refractivity contribution in [1.29, 1.82) is 5.26 Å². The molecule has 10 heteroatoms. The fourth-order valence-electron chi connectivity index (χ4n) is 7.95. The van der Waals surface area contributed by atoms with Gasteiger partial charge in [-0.1, -0.05) is 48.5 Å². The molecule has 0 saturated carbocycles. The Labute approximate surface area is 321 Å². The Hall–Kier alpha value is -7.64. The summed E-state index contributed by atoms with van der Waals surface area (Å²) in [4.78, 5) is 32.6. The fraction of sp³-hybridized carbons (Fsp3) is 0.0870. The molecular weight excluding hydrogens is 693 g/mol. The van der Waals surface area contributed by atoms with Gasteiger partial charge in [0.2, 0.25) is 0 Å². The number of aryl methyl sites for hydroxylation is 4. The largest absolute Gasteiger partial charge is 0.307 e. The normalized spacial score (nSPS) is 11.6. The van der Waals surface area contributed by atoms with E-state index in [9.17, 15) is 5.26 Å². The Kier molecular flexibility index (Phi) is 7.50. The maximum Gasteiger partial charge on any atom is 0.163 e. The Morgan fingerprint density at radius 1 is 0.464 bits per heavy atom. The minimum atomic E-state index is 0.579. The van der Waals surface area contributed by atoms with Crippen LogP contribution in [0.3, 0.4) is 0 Å². The van der Waals surface area contributed by atoms with E-state index in [1.807, 2.05) is 52.1 Å². The molecule has 5 heterocycles. The second-order valence-electron chi connectivity index (χ2n) is 13.9. The maximum atomic E-state index is 9.98. The molecular formula is C46H32N10. The lowest BCUT2D eigenvalue weighted by Gasteiger charge is -2.17. The van der Waals surface area contributed by atoms with E-state index in [0.29, 0.717) is 40.5 Å². The molecule has 10 aromatic rings. The summed E-state index contributed by atoms with van der Waals surface area (Å²) in [6, 6.07) is 41.7. The molecule has 0 spiro atoms. The van der Waals surface area contributed by atoms with Gasteiger partial charge < -0.3 is 4.57 Å². The van der Waals surface area contributed by atoms with Crippen LogP contribution in [-0.4, -0.2) is 44.0 Å². The quantitative estimate of drug-likeness (QED) is 0.172. The highest BCUT2D eigenvalue weighted by atomic mass is 15.1. The number of pyridine rings is 1. The van der Waals surface area contributed by atoms with Crippen molar-refractivity contribution in [3.63, 3.8) is 0 Å². The predicted octanol–water partition coefficient (Wildman–Crippen LogP) is 9.75. The second-order valence-corrected chi connectivity index (χ2v) is 13.9. The minimum Gasteiger partial charge on any atom is -0.307 e. The average molecular weight is 725 g/mol. The number of nitrogens with zero attached hydrogens (tertiary/aromatic N) is 10. The van der Waals surface area contributed by atoms with Gasteiger partial charge in [-0.2, -0.15) is 5.26 Å². The van der Waals surface area contributed by atoms with E-state index in [4.69, 9.17) is 4.98 Å². The van der Waals surface area contributed by atoms with Crippen LogP contribution in [0, 0.1) is 39.0 Å². The molecule has 0 saturated heterocycles. The third-order valence-electron chi connectivity index (χ3n) is 10.2. The SMILES string of the molecule is Cc1nc(C)nc(-c2ccc3c(c2)c2ccccc2n3-c2cc(-c3cccc(C#N)c3)c(-n3c4ccccc4c4cc(-c5nc(C)nc(C)n5)ccc43)cn2)n1. The molecule has 0 aliphatic carbocycles. The second kappa shape index (κ2) is 12.7. The number of hydrogen-bond acceptors (Lipinski definition) is 8. The van der Waals surface area contributed by atoms with Crippen LogP contribution in [0.1, 0.15) is 28.9 Å². The van der Waals surface area contributed by atoms with Crippen molar-refractivity contribution < 1.29 is 0 Å². The first kappa shape index (κ1) is 33.0. The van der Waals surface area contributed by atoms with Crippen LogP contribution in [0.15, 0.2) is 121 Å². The molecule has 0 aliphatic rings. The molecule has 5 aromatic heterocycles. The molecule has 10 rings (SSSR count). The van der Waals surface area contributed by atoms with Gasteiger partial charge in [0.15, 0.2) is 11.6 Å². The highest BCUT2D eigenvalue weighted by Gasteiger charge is 2.21. The zero-order valence-electron chi connectivity index (χ0n) is 31.0. The Morgan fingerprint density at radius 2 is 0.982 bits per heavy atom. The number of benzene rings is 5. The van der Waals surface area contributed by atoms with Crippen molar-refractivity contribution in [1.82, 2.24) is 44.0 Å². The van der Waals surface area contributed by atoms with Gasteiger partial charge in [-0.25, -0.2) is 34.9 Å². The van der Waals surface area contributed by atoms with Crippen LogP contribution in [0.2, 0.25) is 0 Å². The topological polar surface area (TPSA) is 124 Å². The van der Waals surface area contributed by atoms with E-state index in [0.717, 1.165) is 77.4 Å². The van der Waals surface area contributed by atoms with Crippen LogP contribution in [0.4, 0.5) is 0 Å². The van der Waals surface area contributed by atoms with Crippen molar-refractivity contribution in [3.8, 4) is 51.5 Å². The van der Waals surface area contributed by atoms with Crippen LogP contribution in [-0.2, 0) is 0 Å². The van der Waals surface area contributed by atoms with Crippen LogP contribution in [0.5, 0.6) is 0 Å². The fourth-order valence-corrected chi connectivity index (χ4v) is 7.95. The molecule has 0 fully saturated rings. The van der Waals surface area contributed by atoms with Crippen molar-refractivity contribution in [2.75, 3.05) is 0 Å². The zero-order chi connectivity index (χ0) is 38.1. The van der Waals surface area contributed by atoms with Crippen LogP contribution >= 0.6 is 0 Å². The summed E-state index contributed by atoms with van der Waals surface area (Å²) in [6.07, 6.45) is 1.95. The van der Waals surface area contributed by atoms with Crippen molar-refractivity contribution in [2.45, 2.75) is 27.7 Å². The average Bonchev–Trinajstić information content (AvgIpc) is 3.72. The summed E-state index contributed by atoms with van der Waals surface area (Å²) in [5.74, 6) is 4.77. The molecule has 266 valence electrons. The van der Waals surface area contributed by atoms with Gasteiger partial charge in [0.05, 0.1) is 45.6 Å². The van der Waals surface area contributed by atoms with E-state index in [2.05, 4.69) is 142 Å². The number of fused-ring (bicyclic) bond motifs is 6. The first-order chi connectivity index (χ1) is 27.3. The molecule has 5 aromatic carbocycles. The Morgan fingerprint density at radius 3 is 1.55 bits per heavy atom. The maximum absolute atomic E-state index is 9.98. The number of aromatic nitrogens is 9. The minimum absolute atomic E-state index is 0.579. The number of para-hydroxylation sites is 2. The molecule has 56 heavy (non-hydrogen) atoms. The van der Waals surface area contributed by atoms with E-state index in [-0.39, 0.29) is 0 Å². The van der Waals surface area contributed by atoms with E-state index in [1.165, 1.54) is 0 Å².